The van der Waals surface area contributed by atoms with Gasteiger partial charge in [-0.1, -0.05) is 6.08 Å². The van der Waals surface area contributed by atoms with E-state index in [0.717, 1.165) is 12.4 Å². The lowest BCUT2D eigenvalue weighted by Gasteiger charge is -1.89. The molecule has 50 valence electrons. The van der Waals surface area contributed by atoms with Crippen molar-refractivity contribution in [1.29, 1.82) is 10.8 Å². The van der Waals surface area contributed by atoms with Crippen LogP contribution in [0.15, 0.2) is 11.6 Å². The van der Waals surface area contributed by atoms with Crippen molar-refractivity contribution in [3.63, 3.8) is 0 Å². The Kier molecular flexibility index (Phi) is 4.63. The summed E-state index contributed by atoms with van der Waals surface area (Å²) in [6, 6.07) is 0. The lowest BCUT2D eigenvalue weighted by atomic mass is 10.3. The Labute approximate surface area is 54.8 Å². The third kappa shape index (κ3) is 3.61. The molecular formula is C6H11N3. The first kappa shape index (κ1) is 8.04. The minimum absolute atomic E-state index is 0.629. The van der Waals surface area contributed by atoms with Crippen LogP contribution in [0.4, 0.5) is 0 Å². The summed E-state index contributed by atoms with van der Waals surface area (Å²) in [7, 11) is 1.82. The average molecular weight is 125 g/mol. The van der Waals surface area contributed by atoms with Gasteiger partial charge < -0.3 is 16.1 Å². The van der Waals surface area contributed by atoms with Gasteiger partial charge in [0.1, 0.15) is 0 Å². The predicted octanol–water partition coefficient (Wildman–Crippen LogP) is 0.431. The van der Waals surface area contributed by atoms with Crippen LogP contribution >= 0.6 is 0 Å². The molecule has 0 aliphatic carbocycles. The molecule has 0 aliphatic heterocycles. The molecule has 0 aromatic carbocycles. The van der Waals surface area contributed by atoms with Crippen molar-refractivity contribution in [2.24, 2.45) is 0 Å². The van der Waals surface area contributed by atoms with Crippen LogP contribution in [0, 0.1) is 10.8 Å². The summed E-state index contributed by atoms with van der Waals surface area (Å²) >= 11 is 0. The van der Waals surface area contributed by atoms with E-state index in [2.05, 4.69) is 5.32 Å². The van der Waals surface area contributed by atoms with Crippen LogP contribution in [-0.2, 0) is 0 Å². The average Bonchev–Trinajstić information content (AvgIpc) is 1.91. The largest absolute Gasteiger partial charge is 0.316 e. The summed E-state index contributed by atoms with van der Waals surface area (Å²) in [6.07, 6.45) is 4.09. The SMILES string of the molecule is CNCC=C(C=N)C=N. The Morgan fingerprint density at radius 1 is 1.44 bits per heavy atom. The van der Waals surface area contributed by atoms with Crippen LogP contribution in [0.25, 0.3) is 0 Å². The van der Waals surface area contributed by atoms with Crippen LogP contribution in [-0.4, -0.2) is 26.0 Å². The highest BCUT2D eigenvalue weighted by Gasteiger charge is 1.81. The maximum Gasteiger partial charge on any atom is 0.0262 e. The summed E-state index contributed by atoms with van der Waals surface area (Å²) in [6.45, 7) is 0.708. The summed E-state index contributed by atoms with van der Waals surface area (Å²) in [5, 5.41) is 16.4. The molecule has 0 aliphatic rings. The molecule has 3 nitrogen and oxygen atoms in total. The van der Waals surface area contributed by atoms with E-state index in [1.54, 1.807) is 6.08 Å². The van der Waals surface area contributed by atoms with E-state index in [9.17, 15) is 0 Å². The van der Waals surface area contributed by atoms with Crippen molar-refractivity contribution in [2.75, 3.05) is 13.6 Å². The van der Waals surface area contributed by atoms with Crippen LogP contribution in [0.2, 0.25) is 0 Å². The van der Waals surface area contributed by atoms with Gasteiger partial charge in [0, 0.05) is 24.5 Å². The van der Waals surface area contributed by atoms with Crippen LogP contribution in [0.5, 0.6) is 0 Å². The van der Waals surface area contributed by atoms with Gasteiger partial charge >= 0.3 is 0 Å². The highest BCUT2D eigenvalue weighted by molar-refractivity contribution is 6.01. The number of nitrogens with one attached hydrogen (secondary N) is 3. The minimum Gasteiger partial charge on any atom is -0.316 e. The normalized spacial score (nSPS) is 8.11. The topological polar surface area (TPSA) is 59.7 Å². The molecule has 3 heteroatoms. The molecule has 0 radical (unpaired) electrons. The molecule has 0 saturated heterocycles. The monoisotopic (exact) mass is 125 g/mol. The molecule has 9 heavy (non-hydrogen) atoms. The van der Waals surface area contributed by atoms with Crippen molar-refractivity contribution >= 4 is 12.4 Å². The molecule has 0 amide bonds. The summed E-state index contributed by atoms with van der Waals surface area (Å²) in [5.41, 5.74) is 0.629. The molecule has 0 rings (SSSR count). The van der Waals surface area contributed by atoms with Gasteiger partial charge in [0.15, 0.2) is 0 Å². The van der Waals surface area contributed by atoms with Crippen molar-refractivity contribution in [1.82, 2.24) is 5.32 Å². The van der Waals surface area contributed by atoms with Gasteiger partial charge in [0.2, 0.25) is 0 Å². The van der Waals surface area contributed by atoms with Crippen molar-refractivity contribution in [3.05, 3.63) is 11.6 Å². The Hall–Kier alpha value is -0.960. The second-order valence-corrected chi connectivity index (χ2v) is 1.55. The second-order valence-electron chi connectivity index (χ2n) is 1.55. The Bertz CT molecular complexity index is 116. The van der Waals surface area contributed by atoms with E-state index in [1.807, 2.05) is 7.05 Å². The minimum atomic E-state index is 0.629. The fourth-order valence-corrected chi connectivity index (χ4v) is 0.379. The molecule has 0 aromatic heterocycles. The maximum absolute atomic E-state index is 6.77. The second kappa shape index (κ2) is 5.18. The van der Waals surface area contributed by atoms with Crippen molar-refractivity contribution in [2.45, 2.75) is 0 Å². The zero-order valence-corrected chi connectivity index (χ0v) is 5.44. The molecular weight excluding hydrogens is 114 g/mol. The predicted molar refractivity (Wildman–Crippen MR) is 39.6 cm³/mol. The third-order valence-electron chi connectivity index (χ3n) is 0.875. The Morgan fingerprint density at radius 3 is 2.33 bits per heavy atom. The van der Waals surface area contributed by atoms with E-state index in [-0.39, 0.29) is 0 Å². The van der Waals surface area contributed by atoms with Crippen LogP contribution in [0.1, 0.15) is 0 Å². The molecule has 0 heterocycles. The zero-order valence-electron chi connectivity index (χ0n) is 5.44. The van der Waals surface area contributed by atoms with Crippen LogP contribution in [0.3, 0.4) is 0 Å². The van der Waals surface area contributed by atoms with E-state index in [1.165, 1.54) is 0 Å². The Balaban J connectivity index is 3.75. The third-order valence-corrected chi connectivity index (χ3v) is 0.875. The van der Waals surface area contributed by atoms with E-state index >= 15 is 0 Å². The molecule has 0 saturated carbocycles. The number of allylic oxidation sites excluding steroid dienone is 1. The maximum atomic E-state index is 6.77. The van der Waals surface area contributed by atoms with E-state index in [4.69, 9.17) is 10.8 Å². The summed E-state index contributed by atoms with van der Waals surface area (Å²) in [4.78, 5) is 0. The molecule has 0 bridgehead atoms. The number of hydrogen-bond donors (Lipinski definition) is 3. The highest BCUT2D eigenvalue weighted by atomic mass is 14.8. The molecule has 0 spiro atoms. The summed E-state index contributed by atoms with van der Waals surface area (Å²) < 4.78 is 0. The molecule has 0 aromatic rings. The van der Waals surface area contributed by atoms with Gasteiger partial charge in [0.25, 0.3) is 0 Å². The highest BCUT2D eigenvalue weighted by Crippen LogP contribution is 1.80. The smallest absolute Gasteiger partial charge is 0.0262 e. The van der Waals surface area contributed by atoms with Crippen molar-refractivity contribution in [3.8, 4) is 0 Å². The van der Waals surface area contributed by atoms with Gasteiger partial charge in [-0.15, -0.1) is 0 Å². The van der Waals surface area contributed by atoms with Gasteiger partial charge in [-0.3, -0.25) is 0 Å². The van der Waals surface area contributed by atoms with Crippen molar-refractivity contribution < 1.29 is 0 Å². The number of rotatable bonds is 4. The molecule has 0 atom stereocenters. The molecule has 0 fully saturated rings. The first-order chi connectivity index (χ1) is 4.35. The van der Waals surface area contributed by atoms with E-state index < -0.39 is 0 Å². The quantitative estimate of drug-likeness (QED) is 0.469. The molecule has 3 N–H and O–H groups in total. The zero-order chi connectivity index (χ0) is 7.11. The van der Waals surface area contributed by atoms with Gasteiger partial charge in [0.05, 0.1) is 0 Å². The van der Waals surface area contributed by atoms with Gasteiger partial charge in [-0.2, -0.15) is 0 Å². The lowest BCUT2D eigenvalue weighted by Crippen LogP contribution is -2.05. The van der Waals surface area contributed by atoms with E-state index in [0.29, 0.717) is 12.1 Å². The number of hydrogen-bond acceptors (Lipinski definition) is 3. The van der Waals surface area contributed by atoms with Crippen LogP contribution < -0.4 is 5.32 Å². The first-order valence-corrected chi connectivity index (χ1v) is 2.71. The Morgan fingerprint density at radius 2 is 2.00 bits per heavy atom. The standard InChI is InChI=1S/C6H11N3/c1-9-3-2-6(4-7)5-8/h2,4-5,7-9H,3H2,1H3. The first-order valence-electron chi connectivity index (χ1n) is 2.71. The van der Waals surface area contributed by atoms with Gasteiger partial charge in [-0.25, -0.2) is 0 Å². The molecule has 0 unspecified atom stereocenters. The lowest BCUT2D eigenvalue weighted by molar-refractivity contribution is 0.919. The fraction of sp³-hybridized carbons (Fsp3) is 0.333. The van der Waals surface area contributed by atoms with Gasteiger partial charge in [-0.05, 0) is 7.05 Å². The summed E-state index contributed by atoms with van der Waals surface area (Å²) in [5.74, 6) is 0. The number of likely N-dealkylation sites (N-methyl/N-ethyl adjacent to an activating group) is 1. The fourth-order valence-electron chi connectivity index (χ4n) is 0.379.